The van der Waals surface area contributed by atoms with Crippen LogP contribution in [0.3, 0.4) is 0 Å². The molecule has 0 saturated heterocycles. The Morgan fingerprint density at radius 3 is 2.08 bits per heavy atom. The molecule has 0 aromatic heterocycles. The number of benzene rings is 3. The van der Waals surface area contributed by atoms with E-state index in [0.29, 0.717) is 11.1 Å². The van der Waals surface area contributed by atoms with Gasteiger partial charge in [-0.25, -0.2) is 4.79 Å². The van der Waals surface area contributed by atoms with Crippen LogP contribution >= 0.6 is 0 Å². The minimum absolute atomic E-state index is 0.0141. The van der Waals surface area contributed by atoms with Gasteiger partial charge in [0, 0.05) is 5.56 Å². The molecule has 0 radical (unpaired) electrons. The predicted molar refractivity (Wildman–Crippen MR) is 99.1 cm³/mol. The Morgan fingerprint density at radius 2 is 1.40 bits per heavy atom. The molecule has 0 fully saturated rings. The highest BCUT2D eigenvalue weighted by Crippen LogP contribution is 2.33. The Kier molecular flexibility index (Phi) is 4.41. The van der Waals surface area contributed by atoms with Gasteiger partial charge in [-0.15, -0.1) is 0 Å². The lowest BCUT2D eigenvalue weighted by molar-refractivity contribution is 0.0600. The summed E-state index contributed by atoms with van der Waals surface area (Å²) in [6, 6.07) is 20.7. The van der Waals surface area contributed by atoms with E-state index in [-0.39, 0.29) is 5.78 Å². The van der Waals surface area contributed by atoms with Crippen LogP contribution < -0.4 is 0 Å². The van der Waals surface area contributed by atoms with Gasteiger partial charge < -0.3 is 4.74 Å². The van der Waals surface area contributed by atoms with Crippen LogP contribution in [0.1, 0.15) is 40.1 Å². The van der Waals surface area contributed by atoms with Crippen LogP contribution in [-0.4, -0.2) is 18.9 Å². The minimum atomic E-state index is -0.687. The maximum atomic E-state index is 13.1. The highest BCUT2D eigenvalue weighted by atomic mass is 16.5. The van der Waals surface area contributed by atoms with E-state index >= 15 is 0 Å². The Balaban J connectivity index is 2.01. The molecular formula is C22H20O3. The number of fused-ring (bicyclic) bond motifs is 1. The molecule has 3 aromatic carbocycles. The normalized spacial score (nSPS) is 11.3. The number of ether oxygens (including phenoxy) is 1. The van der Waals surface area contributed by atoms with Crippen molar-refractivity contribution in [1.82, 2.24) is 0 Å². The summed E-state index contributed by atoms with van der Waals surface area (Å²) in [4.78, 5) is 24.7. The lowest BCUT2D eigenvalue weighted by Gasteiger charge is -2.25. The average molecular weight is 332 g/mol. The molecule has 3 nitrogen and oxygen atoms in total. The van der Waals surface area contributed by atoms with Crippen molar-refractivity contribution >= 4 is 22.5 Å². The summed E-state index contributed by atoms with van der Waals surface area (Å²) in [5, 5.41) is 2.19. The van der Waals surface area contributed by atoms with Gasteiger partial charge in [0.15, 0.2) is 5.78 Å². The summed E-state index contributed by atoms with van der Waals surface area (Å²) in [5.41, 5.74) is 1.31. The molecule has 25 heavy (non-hydrogen) atoms. The summed E-state index contributed by atoms with van der Waals surface area (Å²) in [6.07, 6.45) is 0. The zero-order valence-corrected chi connectivity index (χ0v) is 14.6. The molecular weight excluding hydrogens is 312 g/mol. The van der Waals surface area contributed by atoms with Gasteiger partial charge in [-0.05, 0) is 42.3 Å². The molecule has 3 aromatic rings. The van der Waals surface area contributed by atoms with Gasteiger partial charge in [0.05, 0.1) is 18.1 Å². The second-order valence-electron chi connectivity index (χ2n) is 6.55. The SMILES string of the molecule is COC(=O)c1ccc(C(=O)C(C)(C)c2cccc3ccccc23)cc1. The maximum Gasteiger partial charge on any atom is 0.337 e. The number of methoxy groups -OCH3 is 1. The van der Waals surface area contributed by atoms with Crippen LogP contribution in [0.4, 0.5) is 0 Å². The molecule has 0 aliphatic rings. The van der Waals surface area contributed by atoms with E-state index in [9.17, 15) is 9.59 Å². The Morgan fingerprint density at radius 1 is 0.800 bits per heavy atom. The Bertz CT molecular complexity index is 932. The van der Waals surface area contributed by atoms with Crippen LogP contribution in [0.25, 0.3) is 10.8 Å². The van der Waals surface area contributed by atoms with E-state index in [1.54, 1.807) is 24.3 Å². The van der Waals surface area contributed by atoms with Crippen LogP contribution in [0.2, 0.25) is 0 Å². The number of carbonyl (C=O) groups excluding carboxylic acids is 2. The Labute approximate surface area is 147 Å². The maximum absolute atomic E-state index is 13.1. The number of hydrogen-bond donors (Lipinski definition) is 0. The van der Waals surface area contributed by atoms with Gasteiger partial charge in [-0.3, -0.25) is 4.79 Å². The van der Waals surface area contributed by atoms with E-state index in [4.69, 9.17) is 4.74 Å². The fourth-order valence-electron chi connectivity index (χ4n) is 3.13. The van der Waals surface area contributed by atoms with Crippen LogP contribution in [0.5, 0.6) is 0 Å². The first-order valence-corrected chi connectivity index (χ1v) is 8.16. The lowest BCUT2D eigenvalue weighted by Crippen LogP contribution is -2.29. The van der Waals surface area contributed by atoms with E-state index in [1.165, 1.54) is 7.11 Å². The topological polar surface area (TPSA) is 43.4 Å². The molecule has 0 atom stereocenters. The highest BCUT2D eigenvalue weighted by molar-refractivity contribution is 6.06. The fourth-order valence-corrected chi connectivity index (χ4v) is 3.13. The number of ketones is 1. The van der Waals surface area contributed by atoms with Crippen molar-refractivity contribution in [1.29, 1.82) is 0 Å². The van der Waals surface area contributed by atoms with E-state index in [2.05, 4.69) is 0 Å². The molecule has 0 spiro atoms. The number of carbonyl (C=O) groups is 2. The molecule has 0 aliphatic heterocycles. The molecule has 0 heterocycles. The van der Waals surface area contributed by atoms with Crippen molar-refractivity contribution in [2.75, 3.05) is 7.11 Å². The predicted octanol–water partition coefficient (Wildman–Crippen LogP) is 4.79. The zero-order chi connectivity index (χ0) is 18.0. The van der Waals surface area contributed by atoms with Crippen molar-refractivity contribution in [3.8, 4) is 0 Å². The van der Waals surface area contributed by atoms with E-state index in [1.807, 2.05) is 56.3 Å². The lowest BCUT2D eigenvalue weighted by atomic mass is 9.76. The molecule has 3 rings (SSSR count). The number of Topliss-reactive ketones (excluding diaryl/α,β-unsaturated/α-hetero) is 1. The van der Waals surface area contributed by atoms with Gasteiger partial charge in [-0.1, -0.05) is 54.6 Å². The van der Waals surface area contributed by atoms with Crippen molar-refractivity contribution in [2.45, 2.75) is 19.3 Å². The molecule has 0 amide bonds. The van der Waals surface area contributed by atoms with Crippen LogP contribution in [0.15, 0.2) is 66.7 Å². The first-order chi connectivity index (χ1) is 11.9. The van der Waals surface area contributed by atoms with Gasteiger partial charge in [0.25, 0.3) is 0 Å². The van der Waals surface area contributed by atoms with Crippen molar-refractivity contribution < 1.29 is 14.3 Å². The molecule has 126 valence electrons. The average Bonchev–Trinajstić information content (AvgIpc) is 2.66. The number of rotatable bonds is 4. The highest BCUT2D eigenvalue weighted by Gasteiger charge is 2.32. The summed E-state index contributed by atoms with van der Waals surface area (Å²) in [5.74, 6) is -0.396. The van der Waals surface area contributed by atoms with Gasteiger partial charge in [-0.2, -0.15) is 0 Å². The van der Waals surface area contributed by atoms with Gasteiger partial charge in [0.1, 0.15) is 0 Å². The van der Waals surface area contributed by atoms with Crippen molar-refractivity contribution in [2.24, 2.45) is 0 Å². The van der Waals surface area contributed by atoms with Gasteiger partial charge in [0.2, 0.25) is 0 Å². The second kappa shape index (κ2) is 6.52. The van der Waals surface area contributed by atoms with E-state index < -0.39 is 11.4 Å². The largest absolute Gasteiger partial charge is 0.465 e. The third-order valence-corrected chi connectivity index (χ3v) is 4.60. The Hall–Kier alpha value is -2.94. The summed E-state index contributed by atoms with van der Waals surface area (Å²) in [6.45, 7) is 3.87. The molecule has 0 N–H and O–H groups in total. The summed E-state index contributed by atoms with van der Waals surface area (Å²) in [7, 11) is 1.34. The fraction of sp³-hybridized carbons (Fsp3) is 0.182. The molecule has 0 unspecified atom stereocenters. The van der Waals surface area contributed by atoms with Crippen molar-refractivity contribution in [3.05, 3.63) is 83.4 Å². The third-order valence-electron chi connectivity index (χ3n) is 4.60. The minimum Gasteiger partial charge on any atom is -0.465 e. The number of esters is 1. The molecule has 3 heteroatoms. The number of hydrogen-bond acceptors (Lipinski definition) is 3. The second-order valence-corrected chi connectivity index (χ2v) is 6.55. The smallest absolute Gasteiger partial charge is 0.337 e. The van der Waals surface area contributed by atoms with Crippen LogP contribution in [0, 0.1) is 0 Å². The standard InChI is InChI=1S/C22H20O3/c1-22(2,19-10-6-8-15-7-4-5-9-18(15)19)20(23)16-11-13-17(14-12-16)21(24)25-3/h4-14H,1-3H3. The monoisotopic (exact) mass is 332 g/mol. The summed E-state index contributed by atoms with van der Waals surface area (Å²) >= 11 is 0. The van der Waals surface area contributed by atoms with Crippen LogP contribution in [-0.2, 0) is 10.2 Å². The quantitative estimate of drug-likeness (QED) is 0.510. The first kappa shape index (κ1) is 16.9. The first-order valence-electron chi connectivity index (χ1n) is 8.16. The zero-order valence-electron chi connectivity index (χ0n) is 14.6. The molecule has 0 aliphatic carbocycles. The van der Waals surface area contributed by atoms with Gasteiger partial charge >= 0.3 is 5.97 Å². The third kappa shape index (κ3) is 3.05. The van der Waals surface area contributed by atoms with Crippen molar-refractivity contribution in [3.63, 3.8) is 0 Å². The molecule has 0 bridgehead atoms. The van der Waals surface area contributed by atoms with E-state index in [0.717, 1.165) is 16.3 Å². The summed E-state index contributed by atoms with van der Waals surface area (Å²) < 4.78 is 4.70. The molecule has 0 saturated carbocycles.